The zero-order chi connectivity index (χ0) is 12.1. The Kier molecular flexibility index (Phi) is 4.57. The molecule has 17 heavy (non-hydrogen) atoms. The third kappa shape index (κ3) is 3.07. The molecule has 0 heterocycles. The number of aliphatic hydroxyl groups excluding tert-OH is 1. The monoisotopic (exact) mass is 338 g/mol. The van der Waals surface area contributed by atoms with Crippen LogP contribution in [0.1, 0.15) is 23.1 Å². The van der Waals surface area contributed by atoms with E-state index in [9.17, 15) is 5.11 Å². The van der Waals surface area contributed by atoms with Crippen molar-refractivity contribution in [3.63, 3.8) is 0 Å². The zero-order valence-electron chi connectivity index (χ0n) is 9.46. The summed E-state index contributed by atoms with van der Waals surface area (Å²) in [6.07, 6.45) is -0.435. The van der Waals surface area contributed by atoms with E-state index >= 15 is 0 Å². The molecule has 0 radical (unpaired) electrons. The number of benzene rings is 2. The number of rotatable bonds is 4. The van der Waals surface area contributed by atoms with Gasteiger partial charge in [-0.1, -0.05) is 83.3 Å². The highest BCUT2D eigenvalue weighted by atomic mass is 127. The lowest BCUT2D eigenvalue weighted by Gasteiger charge is -2.21. The van der Waals surface area contributed by atoms with Gasteiger partial charge in [-0.2, -0.15) is 0 Å². The Labute approximate surface area is 116 Å². The highest BCUT2D eigenvalue weighted by Gasteiger charge is 2.21. The van der Waals surface area contributed by atoms with Crippen molar-refractivity contribution in [3.8, 4) is 0 Å². The first-order chi connectivity index (χ1) is 8.33. The van der Waals surface area contributed by atoms with Crippen LogP contribution in [0.2, 0.25) is 0 Å². The van der Waals surface area contributed by atoms with E-state index in [0.717, 1.165) is 9.99 Å². The molecule has 88 valence electrons. The van der Waals surface area contributed by atoms with Crippen molar-refractivity contribution < 1.29 is 5.11 Å². The first-order valence-corrected chi connectivity index (χ1v) is 7.19. The van der Waals surface area contributed by atoms with Crippen molar-refractivity contribution in [1.29, 1.82) is 0 Å². The maximum Gasteiger partial charge on any atom is 0.0865 e. The van der Waals surface area contributed by atoms with Gasteiger partial charge in [0.1, 0.15) is 0 Å². The molecule has 0 saturated heterocycles. The minimum Gasteiger partial charge on any atom is -0.388 e. The molecule has 1 nitrogen and oxygen atoms in total. The fourth-order valence-electron chi connectivity index (χ4n) is 1.94. The summed E-state index contributed by atoms with van der Waals surface area (Å²) >= 11 is 2.33. The molecule has 0 saturated carbocycles. The number of hydrogen-bond donors (Lipinski definition) is 1. The van der Waals surface area contributed by atoms with Gasteiger partial charge in [0.2, 0.25) is 0 Å². The second kappa shape index (κ2) is 6.17. The van der Waals surface area contributed by atoms with Gasteiger partial charge in [0.25, 0.3) is 0 Å². The molecule has 2 aromatic rings. The molecule has 2 aromatic carbocycles. The molecular formula is C15H15IO. The predicted molar refractivity (Wildman–Crippen MR) is 79.5 cm³/mol. The van der Waals surface area contributed by atoms with Crippen molar-refractivity contribution in [2.75, 3.05) is 4.43 Å². The van der Waals surface area contributed by atoms with Crippen LogP contribution in [0.4, 0.5) is 0 Å². The van der Waals surface area contributed by atoms with E-state index in [1.54, 1.807) is 0 Å². The SMILES string of the molecule is OC(c1ccccc1)C(CI)c1ccccc1. The zero-order valence-corrected chi connectivity index (χ0v) is 11.6. The van der Waals surface area contributed by atoms with Crippen LogP contribution in [-0.2, 0) is 0 Å². The van der Waals surface area contributed by atoms with Gasteiger partial charge in [-0.15, -0.1) is 0 Å². The number of hydrogen-bond acceptors (Lipinski definition) is 1. The van der Waals surface area contributed by atoms with Gasteiger partial charge < -0.3 is 5.11 Å². The van der Waals surface area contributed by atoms with Crippen LogP contribution in [0.5, 0.6) is 0 Å². The van der Waals surface area contributed by atoms with E-state index in [1.165, 1.54) is 5.56 Å². The fourth-order valence-corrected chi connectivity index (χ4v) is 2.93. The van der Waals surface area contributed by atoms with Gasteiger partial charge in [-0.05, 0) is 11.1 Å². The Morgan fingerprint density at radius 3 is 1.76 bits per heavy atom. The maximum absolute atomic E-state index is 10.4. The van der Waals surface area contributed by atoms with Crippen molar-refractivity contribution in [2.24, 2.45) is 0 Å². The molecule has 0 aromatic heterocycles. The van der Waals surface area contributed by atoms with Gasteiger partial charge in [0, 0.05) is 10.3 Å². The average molecular weight is 338 g/mol. The molecule has 2 heteroatoms. The highest BCUT2D eigenvalue weighted by Crippen LogP contribution is 2.32. The van der Waals surface area contributed by atoms with E-state index in [0.29, 0.717) is 0 Å². The lowest BCUT2D eigenvalue weighted by Crippen LogP contribution is -2.12. The van der Waals surface area contributed by atoms with E-state index < -0.39 is 6.10 Å². The Morgan fingerprint density at radius 2 is 1.29 bits per heavy atom. The van der Waals surface area contributed by atoms with Crippen molar-refractivity contribution in [1.82, 2.24) is 0 Å². The lowest BCUT2D eigenvalue weighted by molar-refractivity contribution is 0.154. The normalized spacial score (nSPS) is 14.2. The summed E-state index contributed by atoms with van der Waals surface area (Å²) in [5.74, 6) is 0.152. The molecule has 0 amide bonds. The topological polar surface area (TPSA) is 20.2 Å². The minimum atomic E-state index is -0.435. The van der Waals surface area contributed by atoms with Gasteiger partial charge in [-0.3, -0.25) is 0 Å². The summed E-state index contributed by atoms with van der Waals surface area (Å²) in [6.45, 7) is 0. The Bertz CT molecular complexity index is 441. The van der Waals surface area contributed by atoms with Crippen LogP contribution >= 0.6 is 22.6 Å². The van der Waals surface area contributed by atoms with E-state index in [2.05, 4.69) is 34.7 Å². The highest BCUT2D eigenvalue weighted by molar-refractivity contribution is 14.1. The van der Waals surface area contributed by atoms with Crippen LogP contribution in [0.15, 0.2) is 60.7 Å². The van der Waals surface area contributed by atoms with Crippen molar-refractivity contribution in [3.05, 3.63) is 71.8 Å². The summed E-state index contributed by atoms with van der Waals surface area (Å²) in [5.41, 5.74) is 2.18. The largest absolute Gasteiger partial charge is 0.388 e. The molecule has 2 rings (SSSR count). The number of alkyl halides is 1. The molecule has 0 aliphatic rings. The molecule has 2 unspecified atom stereocenters. The number of aliphatic hydroxyl groups is 1. The summed E-state index contributed by atoms with van der Waals surface area (Å²) in [5, 5.41) is 10.4. The van der Waals surface area contributed by atoms with Gasteiger partial charge in [-0.25, -0.2) is 0 Å². The van der Waals surface area contributed by atoms with Gasteiger partial charge in [0.05, 0.1) is 6.10 Å². The third-order valence-corrected chi connectivity index (χ3v) is 3.87. The first-order valence-electron chi connectivity index (χ1n) is 5.67. The first kappa shape index (κ1) is 12.6. The second-order valence-corrected chi connectivity index (χ2v) is 4.91. The van der Waals surface area contributed by atoms with Crippen molar-refractivity contribution in [2.45, 2.75) is 12.0 Å². The van der Waals surface area contributed by atoms with Crippen molar-refractivity contribution >= 4 is 22.6 Å². The predicted octanol–water partition coefficient (Wildman–Crippen LogP) is 3.94. The quantitative estimate of drug-likeness (QED) is 0.661. The molecular weight excluding hydrogens is 323 g/mol. The summed E-state index contributed by atoms with van der Waals surface area (Å²) in [6, 6.07) is 20.1. The lowest BCUT2D eigenvalue weighted by atomic mass is 9.91. The molecule has 0 aliphatic carbocycles. The maximum atomic E-state index is 10.4. The van der Waals surface area contributed by atoms with E-state index in [-0.39, 0.29) is 5.92 Å². The van der Waals surface area contributed by atoms with Crippen LogP contribution in [-0.4, -0.2) is 9.53 Å². The van der Waals surface area contributed by atoms with Crippen LogP contribution < -0.4 is 0 Å². The smallest absolute Gasteiger partial charge is 0.0865 e. The number of halogens is 1. The summed E-state index contributed by atoms with van der Waals surface area (Å²) in [7, 11) is 0. The molecule has 1 N–H and O–H groups in total. The fraction of sp³-hybridized carbons (Fsp3) is 0.200. The van der Waals surface area contributed by atoms with Gasteiger partial charge in [0.15, 0.2) is 0 Å². The molecule has 0 fully saturated rings. The summed E-state index contributed by atoms with van der Waals surface area (Å²) < 4.78 is 0.901. The van der Waals surface area contributed by atoms with Crippen LogP contribution in [0.3, 0.4) is 0 Å². The Balaban J connectivity index is 2.25. The van der Waals surface area contributed by atoms with Crippen LogP contribution in [0, 0.1) is 0 Å². The second-order valence-electron chi connectivity index (χ2n) is 4.03. The molecule has 0 aliphatic heterocycles. The average Bonchev–Trinajstić information content (AvgIpc) is 2.42. The third-order valence-electron chi connectivity index (χ3n) is 2.92. The summed E-state index contributed by atoms with van der Waals surface area (Å²) in [4.78, 5) is 0. The van der Waals surface area contributed by atoms with Crippen LogP contribution in [0.25, 0.3) is 0 Å². The van der Waals surface area contributed by atoms with E-state index in [4.69, 9.17) is 0 Å². The Hall–Kier alpha value is -0.870. The van der Waals surface area contributed by atoms with Gasteiger partial charge >= 0.3 is 0 Å². The molecule has 0 spiro atoms. The Morgan fingerprint density at radius 1 is 0.824 bits per heavy atom. The molecule has 0 bridgehead atoms. The minimum absolute atomic E-state index is 0.152. The van der Waals surface area contributed by atoms with E-state index in [1.807, 2.05) is 48.5 Å². The molecule has 2 atom stereocenters. The standard InChI is InChI=1S/C15H15IO/c16-11-14(12-7-3-1-4-8-12)15(17)13-9-5-2-6-10-13/h1-10,14-15,17H,11H2.